The third-order valence-electron chi connectivity index (χ3n) is 3.67. The van der Waals surface area contributed by atoms with E-state index in [2.05, 4.69) is 13.0 Å². The zero-order valence-electron chi connectivity index (χ0n) is 9.09. The zero-order chi connectivity index (χ0) is 9.97. The molecule has 0 aliphatic heterocycles. The molecule has 0 aromatic heterocycles. The molecule has 0 heterocycles. The van der Waals surface area contributed by atoms with Gasteiger partial charge in [-0.05, 0) is 56.4 Å². The molecule has 2 rings (SSSR count). The van der Waals surface area contributed by atoms with Crippen LogP contribution in [0.5, 0.6) is 0 Å². The molecule has 1 saturated carbocycles. The predicted octanol–water partition coefficient (Wildman–Crippen LogP) is 3.49. The number of Topliss-reactive ketones (excluding diaryl/α,β-unsaturated/α-hetero) is 1. The van der Waals surface area contributed by atoms with Gasteiger partial charge in [0, 0.05) is 5.92 Å². The highest BCUT2D eigenvalue weighted by Crippen LogP contribution is 2.34. The summed E-state index contributed by atoms with van der Waals surface area (Å²) in [6.07, 6.45) is 10.4. The average molecular weight is 192 g/mol. The van der Waals surface area contributed by atoms with Crippen molar-refractivity contribution in [2.45, 2.75) is 51.9 Å². The Labute approximate surface area is 86.6 Å². The first kappa shape index (κ1) is 9.95. The van der Waals surface area contributed by atoms with Crippen LogP contribution in [-0.4, -0.2) is 5.78 Å². The molecular weight excluding hydrogens is 172 g/mol. The number of ketones is 1. The van der Waals surface area contributed by atoms with Crippen molar-refractivity contribution in [1.82, 2.24) is 0 Å². The van der Waals surface area contributed by atoms with Crippen molar-refractivity contribution in [3.63, 3.8) is 0 Å². The number of carbonyl (C=O) groups is 1. The summed E-state index contributed by atoms with van der Waals surface area (Å²) in [7, 11) is 0. The number of hydrogen-bond acceptors (Lipinski definition) is 1. The summed E-state index contributed by atoms with van der Waals surface area (Å²) in [6.45, 7) is 2.27. The van der Waals surface area contributed by atoms with E-state index >= 15 is 0 Å². The Morgan fingerprint density at radius 2 is 2.21 bits per heavy atom. The first-order chi connectivity index (χ1) is 6.77. The molecule has 0 saturated heterocycles. The molecule has 0 aromatic carbocycles. The fraction of sp³-hybridized carbons (Fsp3) is 0.769. The van der Waals surface area contributed by atoms with Gasteiger partial charge in [0.05, 0.1) is 0 Å². The predicted molar refractivity (Wildman–Crippen MR) is 58.1 cm³/mol. The van der Waals surface area contributed by atoms with E-state index < -0.39 is 0 Å². The van der Waals surface area contributed by atoms with Crippen molar-refractivity contribution in [3.05, 3.63) is 11.6 Å². The maximum Gasteiger partial charge on any atom is 0.161 e. The van der Waals surface area contributed by atoms with Gasteiger partial charge in [-0.25, -0.2) is 0 Å². The molecule has 0 aromatic rings. The Balaban J connectivity index is 1.97. The highest BCUT2D eigenvalue weighted by molar-refractivity contribution is 5.97. The van der Waals surface area contributed by atoms with Crippen LogP contribution in [0.3, 0.4) is 0 Å². The Kier molecular flexibility index (Phi) is 3.05. The van der Waals surface area contributed by atoms with E-state index in [0.717, 1.165) is 37.2 Å². The van der Waals surface area contributed by atoms with Crippen molar-refractivity contribution in [1.29, 1.82) is 0 Å². The second kappa shape index (κ2) is 4.29. The standard InChI is InChI=1S/C13H20O/c1-10-7-8-12(9-10)13(14)11-5-3-2-4-6-11/h5,10,12H,2-4,6-9H2,1H3. The molecule has 0 spiro atoms. The van der Waals surface area contributed by atoms with Crippen molar-refractivity contribution in [3.8, 4) is 0 Å². The summed E-state index contributed by atoms with van der Waals surface area (Å²) in [5.41, 5.74) is 1.15. The molecule has 78 valence electrons. The van der Waals surface area contributed by atoms with Crippen LogP contribution in [0, 0.1) is 11.8 Å². The summed E-state index contributed by atoms with van der Waals surface area (Å²) in [4.78, 5) is 12.1. The van der Waals surface area contributed by atoms with Gasteiger partial charge in [0.1, 0.15) is 0 Å². The molecule has 2 aliphatic carbocycles. The molecule has 14 heavy (non-hydrogen) atoms. The minimum atomic E-state index is 0.370. The summed E-state index contributed by atoms with van der Waals surface area (Å²) in [5.74, 6) is 1.62. The maximum absolute atomic E-state index is 12.1. The van der Waals surface area contributed by atoms with Crippen LogP contribution in [0.1, 0.15) is 51.9 Å². The van der Waals surface area contributed by atoms with E-state index in [0.29, 0.717) is 11.7 Å². The quantitative estimate of drug-likeness (QED) is 0.654. The lowest BCUT2D eigenvalue weighted by atomic mass is 9.89. The highest BCUT2D eigenvalue weighted by atomic mass is 16.1. The number of carbonyl (C=O) groups excluding carboxylic acids is 1. The molecule has 2 aliphatic rings. The van der Waals surface area contributed by atoms with E-state index in [9.17, 15) is 4.79 Å². The fourth-order valence-electron chi connectivity index (χ4n) is 2.77. The maximum atomic E-state index is 12.1. The molecule has 2 unspecified atom stereocenters. The lowest BCUT2D eigenvalue weighted by molar-refractivity contribution is -0.119. The largest absolute Gasteiger partial charge is 0.294 e. The third kappa shape index (κ3) is 2.08. The molecule has 1 heteroatoms. The first-order valence-electron chi connectivity index (χ1n) is 6.00. The van der Waals surface area contributed by atoms with Gasteiger partial charge in [-0.15, -0.1) is 0 Å². The van der Waals surface area contributed by atoms with Crippen molar-refractivity contribution >= 4 is 5.78 Å². The van der Waals surface area contributed by atoms with Gasteiger partial charge in [-0.3, -0.25) is 4.79 Å². The second-order valence-electron chi connectivity index (χ2n) is 4.95. The van der Waals surface area contributed by atoms with Gasteiger partial charge in [0.2, 0.25) is 0 Å². The molecule has 0 bridgehead atoms. The van der Waals surface area contributed by atoms with Crippen molar-refractivity contribution in [2.75, 3.05) is 0 Å². The second-order valence-corrected chi connectivity index (χ2v) is 4.95. The molecule has 1 nitrogen and oxygen atoms in total. The van der Waals surface area contributed by atoms with Crippen LogP contribution in [0.25, 0.3) is 0 Å². The normalized spacial score (nSPS) is 32.8. The van der Waals surface area contributed by atoms with Crippen LogP contribution < -0.4 is 0 Å². The number of rotatable bonds is 2. The smallest absolute Gasteiger partial charge is 0.161 e. The Morgan fingerprint density at radius 3 is 2.79 bits per heavy atom. The SMILES string of the molecule is CC1CCC(C(=O)C2=CCCCC2)C1. The van der Waals surface area contributed by atoms with Gasteiger partial charge in [-0.2, -0.15) is 0 Å². The van der Waals surface area contributed by atoms with Crippen LogP contribution in [0.2, 0.25) is 0 Å². The molecule has 0 radical (unpaired) electrons. The Morgan fingerprint density at radius 1 is 1.36 bits per heavy atom. The van der Waals surface area contributed by atoms with Crippen molar-refractivity contribution in [2.24, 2.45) is 11.8 Å². The minimum absolute atomic E-state index is 0.370. The first-order valence-corrected chi connectivity index (χ1v) is 6.00. The molecule has 0 amide bonds. The minimum Gasteiger partial charge on any atom is -0.294 e. The van der Waals surface area contributed by atoms with E-state index in [4.69, 9.17) is 0 Å². The molecular formula is C13H20O. The topological polar surface area (TPSA) is 17.1 Å². The number of allylic oxidation sites excluding steroid dienone is 2. The lowest BCUT2D eigenvalue weighted by Crippen LogP contribution is -2.15. The lowest BCUT2D eigenvalue weighted by Gasteiger charge is -2.15. The van der Waals surface area contributed by atoms with E-state index in [1.165, 1.54) is 19.3 Å². The van der Waals surface area contributed by atoms with Gasteiger partial charge in [-0.1, -0.05) is 13.0 Å². The van der Waals surface area contributed by atoms with Gasteiger partial charge in [0.15, 0.2) is 5.78 Å². The third-order valence-corrected chi connectivity index (χ3v) is 3.67. The van der Waals surface area contributed by atoms with Crippen LogP contribution in [0.4, 0.5) is 0 Å². The summed E-state index contributed by atoms with van der Waals surface area (Å²) in [6, 6.07) is 0. The van der Waals surface area contributed by atoms with Crippen LogP contribution >= 0.6 is 0 Å². The summed E-state index contributed by atoms with van der Waals surface area (Å²) >= 11 is 0. The van der Waals surface area contributed by atoms with Gasteiger partial charge in [0.25, 0.3) is 0 Å². The van der Waals surface area contributed by atoms with E-state index in [1.54, 1.807) is 0 Å². The van der Waals surface area contributed by atoms with Crippen molar-refractivity contribution < 1.29 is 4.79 Å². The van der Waals surface area contributed by atoms with Gasteiger partial charge >= 0.3 is 0 Å². The Hall–Kier alpha value is -0.590. The van der Waals surface area contributed by atoms with Gasteiger partial charge < -0.3 is 0 Å². The van der Waals surface area contributed by atoms with E-state index in [-0.39, 0.29) is 0 Å². The molecule has 1 fully saturated rings. The van der Waals surface area contributed by atoms with Crippen LogP contribution in [-0.2, 0) is 4.79 Å². The number of hydrogen-bond donors (Lipinski definition) is 0. The monoisotopic (exact) mass is 192 g/mol. The van der Waals surface area contributed by atoms with E-state index in [1.807, 2.05) is 0 Å². The molecule has 2 atom stereocenters. The summed E-state index contributed by atoms with van der Waals surface area (Å²) < 4.78 is 0. The molecule has 0 N–H and O–H groups in total. The fourth-order valence-corrected chi connectivity index (χ4v) is 2.77. The average Bonchev–Trinajstić information content (AvgIpc) is 2.65. The Bertz CT molecular complexity index is 252. The highest BCUT2D eigenvalue weighted by Gasteiger charge is 2.29. The van der Waals surface area contributed by atoms with Crippen LogP contribution in [0.15, 0.2) is 11.6 Å². The summed E-state index contributed by atoms with van der Waals surface area (Å²) in [5, 5.41) is 0. The zero-order valence-corrected chi connectivity index (χ0v) is 9.09.